The van der Waals surface area contributed by atoms with Crippen LogP contribution in [0.3, 0.4) is 0 Å². The van der Waals surface area contributed by atoms with E-state index in [2.05, 4.69) is 5.32 Å². The van der Waals surface area contributed by atoms with Gasteiger partial charge in [0.2, 0.25) is 11.8 Å². The SMILES string of the molecule is CCCNC(=O)[C@H](CC)N(Cc1ccc(Cl)cc1)C(=O)CN(c1cccc(C)c1)S(=O)(=O)c1ccccc1. The van der Waals surface area contributed by atoms with Gasteiger partial charge in [0.25, 0.3) is 10.0 Å². The zero-order valence-corrected chi connectivity index (χ0v) is 23.5. The Bertz CT molecular complexity index is 1330. The van der Waals surface area contributed by atoms with E-state index in [0.717, 1.165) is 21.9 Å². The Morgan fingerprint density at radius 3 is 2.24 bits per heavy atom. The molecule has 1 N–H and O–H groups in total. The van der Waals surface area contributed by atoms with Crippen LogP contribution in [0.1, 0.15) is 37.8 Å². The lowest BCUT2D eigenvalue weighted by molar-refractivity contribution is -0.140. The molecule has 0 aliphatic rings. The van der Waals surface area contributed by atoms with E-state index in [0.29, 0.717) is 23.7 Å². The molecule has 202 valence electrons. The number of sulfonamides is 1. The van der Waals surface area contributed by atoms with E-state index in [1.807, 2.05) is 26.8 Å². The third-order valence-electron chi connectivity index (χ3n) is 6.10. The van der Waals surface area contributed by atoms with Gasteiger partial charge in [0.15, 0.2) is 0 Å². The number of halogens is 1. The number of rotatable bonds is 12. The molecule has 3 rings (SSSR count). The number of anilines is 1. The summed E-state index contributed by atoms with van der Waals surface area (Å²) in [6.07, 6.45) is 1.12. The Kier molecular flexibility index (Phi) is 10.3. The standard InChI is InChI=1S/C29H34ClN3O4S/c1-4-18-31-29(35)27(5-2)32(20-23-14-16-24(30)17-15-23)28(34)21-33(25-11-9-10-22(3)19-25)38(36,37)26-12-7-6-8-13-26/h6-17,19,27H,4-5,18,20-21H2,1-3H3,(H,31,35)/t27-/m0/s1. The second kappa shape index (κ2) is 13.4. The molecule has 0 saturated heterocycles. The summed E-state index contributed by atoms with van der Waals surface area (Å²) in [5.41, 5.74) is 2.00. The molecular formula is C29H34ClN3O4S. The highest BCUT2D eigenvalue weighted by atomic mass is 35.5. The van der Waals surface area contributed by atoms with E-state index < -0.39 is 28.5 Å². The first-order valence-corrected chi connectivity index (χ1v) is 14.4. The summed E-state index contributed by atoms with van der Waals surface area (Å²) < 4.78 is 28.7. The number of benzene rings is 3. The molecule has 38 heavy (non-hydrogen) atoms. The van der Waals surface area contributed by atoms with Crippen molar-refractivity contribution in [1.29, 1.82) is 0 Å². The van der Waals surface area contributed by atoms with Crippen molar-refractivity contribution >= 4 is 39.1 Å². The molecule has 2 amide bonds. The van der Waals surface area contributed by atoms with Crippen LogP contribution in [0.4, 0.5) is 5.69 Å². The first-order chi connectivity index (χ1) is 18.2. The number of hydrogen-bond donors (Lipinski definition) is 1. The molecule has 9 heteroatoms. The van der Waals surface area contributed by atoms with Crippen LogP contribution >= 0.6 is 11.6 Å². The van der Waals surface area contributed by atoms with Gasteiger partial charge in [-0.25, -0.2) is 8.42 Å². The minimum absolute atomic E-state index is 0.0753. The zero-order valence-electron chi connectivity index (χ0n) is 21.9. The van der Waals surface area contributed by atoms with Crippen molar-refractivity contribution in [1.82, 2.24) is 10.2 Å². The van der Waals surface area contributed by atoms with E-state index in [-0.39, 0.29) is 17.3 Å². The predicted octanol–water partition coefficient (Wildman–Crippen LogP) is 5.18. The lowest BCUT2D eigenvalue weighted by Crippen LogP contribution is -2.52. The highest BCUT2D eigenvalue weighted by Crippen LogP contribution is 2.25. The molecule has 1 atom stereocenters. The summed E-state index contributed by atoms with van der Waals surface area (Å²) in [6, 6.07) is 21.3. The Balaban J connectivity index is 2.03. The van der Waals surface area contributed by atoms with Gasteiger partial charge in [0, 0.05) is 18.1 Å². The molecule has 0 aliphatic heterocycles. The van der Waals surface area contributed by atoms with Gasteiger partial charge in [-0.05, 0) is 67.3 Å². The number of hydrogen-bond acceptors (Lipinski definition) is 4. The van der Waals surface area contributed by atoms with Crippen molar-refractivity contribution in [3.05, 3.63) is 95.0 Å². The van der Waals surface area contributed by atoms with E-state index >= 15 is 0 Å². The van der Waals surface area contributed by atoms with Gasteiger partial charge >= 0.3 is 0 Å². The predicted molar refractivity (Wildman–Crippen MR) is 152 cm³/mol. The van der Waals surface area contributed by atoms with Crippen molar-refractivity contribution < 1.29 is 18.0 Å². The van der Waals surface area contributed by atoms with Crippen molar-refractivity contribution in [3.63, 3.8) is 0 Å². The van der Waals surface area contributed by atoms with Crippen molar-refractivity contribution in [2.75, 3.05) is 17.4 Å². The summed E-state index contributed by atoms with van der Waals surface area (Å²) in [7, 11) is -4.08. The average Bonchev–Trinajstić information content (AvgIpc) is 2.91. The number of aryl methyl sites for hydroxylation is 1. The highest BCUT2D eigenvalue weighted by molar-refractivity contribution is 7.92. The molecule has 0 radical (unpaired) electrons. The molecule has 0 saturated carbocycles. The average molecular weight is 556 g/mol. The van der Waals surface area contributed by atoms with Gasteiger partial charge in [-0.1, -0.05) is 67.9 Å². The fraction of sp³-hybridized carbons (Fsp3) is 0.310. The van der Waals surface area contributed by atoms with Crippen LogP contribution in [-0.4, -0.2) is 44.3 Å². The van der Waals surface area contributed by atoms with E-state index in [4.69, 9.17) is 11.6 Å². The zero-order chi connectivity index (χ0) is 27.7. The largest absolute Gasteiger partial charge is 0.354 e. The summed E-state index contributed by atoms with van der Waals surface area (Å²) in [6.45, 7) is 5.78. The lowest BCUT2D eigenvalue weighted by Gasteiger charge is -2.33. The van der Waals surface area contributed by atoms with Crippen LogP contribution in [0.5, 0.6) is 0 Å². The number of nitrogens with one attached hydrogen (secondary N) is 1. The Labute approximate surface area is 230 Å². The molecule has 0 bridgehead atoms. The summed E-state index contributed by atoms with van der Waals surface area (Å²) >= 11 is 6.05. The number of nitrogens with zero attached hydrogens (tertiary/aromatic N) is 2. The first-order valence-electron chi connectivity index (χ1n) is 12.6. The van der Waals surface area contributed by atoms with Crippen molar-refractivity contribution in [3.8, 4) is 0 Å². The van der Waals surface area contributed by atoms with E-state index in [1.165, 1.54) is 17.0 Å². The molecule has 3 aromatic rings. The second-order valence-corrected chi connectivity index (χ2v) is 11.3. The maximum absolute atomic E-state index is 14.0. The molecule has 0 spiro atoms. The van der Waals surface area contributed by atoms with Gasteiger partial charge in [0.05, 0.1) is 10.6 Å². The van der Waals surface area contributed by atoms with Gasteiger partial charge < -0.3 is 10.2 Å². The molecule has 0 unspecified atom stereocenters. The number of amides is 2. The molecule has 0 heterocycles. The topological polar surface area (TPSA) is 86.8 Å². The molecular weight excluding hydrogens is 522 g/mol. The van der Waals surface area contributed by atoms with Gasteiger partial charge in [-0.3, -0.25) is 13.9 Å². The number of carbonyl (C=O) groups excluding carboxylic acids is 2. The van der Waals surface area contributed by atoms with Gasteiger partial charge in [-0.2, -0.15) is 0 Å². The van der Waals surface area contributed by atoms with Crippen LogP contribution < -0.4 is 9.62 Å². The lowest BCUT2D eigenvalue weighted by atomic mass is 10.1. The molecule has 0 aromatic heterocycles. The second-order valence-electron chi connectivity index (χ2n) is 9.03. The van der Waals surface area contributed by atoms with Crippen LogP contribution in [0.15, 0.2) is 83.8 Å². The van der Waals surface area contributed by atoms with Crippen molar-refractivity contribution in [2.45, 2.75) is 51.1 Å². The monoisotopic (exact) mass is 555 g/mol. The third-order valence-corrected chi connectivity index (χ3v) is 8.14. The minimum Gasteiger partial charge on any atom is -0.354 e. The Morgan fingerprint density at radius 2 is 1.63 bits per heavy atom. The Morgan fingerprint density at radius 1 is 0.947 bits per heavy atom. The van der Waals surface area contributed by atoms with Crippen molar-refractivity contribution in [2.24, 2.45) is 0 Å². The normalized spacial score (nSPS) is 12.0. The summed E-state index contributed by atoms with van der Waals surface area (Å²) in [5, 5.41) is 3.43. The quantitative estimate of drug-likeness (QED) is 0.334. The van der Waals surface area contributed by atoms with Crippen LogP contribution in [0.2, 0.25) is 5.02 Å². The maximum Gasteiger partial charge on any atom is 0.264 e. The van der Waals surface area contributed by atoms with Gasteiger partial charge in [0.1, 0.15) is 12.6 Å². The molecule has 0 fully saturated rings. The van der Waals surface area contributed by atoms with Crippen LogP contribution in [0, 0.1) is 6.92 Å². The highest BCUT2D eigenvalue weighted by Gasteiger charge is 2.33. The smallest absolute Gasteiger partial charge is 0.264 e. The van der Waals surface area contributed by atoms with Crippen LogP contribution in [-0.2, 0) is 26.2 Å². The summed E-state index contributed by atoms with van der Waals surface area (Å²) in [5.74, 6) is -0.760. The maximum atomic E-state index is 14.0. The Hall–Kier alpha value is -3.36. The minimum atomic E-state index is -4.08. The fourth-order valence-corrected chi connectivity index (χ4v) is 5.66. The first kappa shape index (κ1) is 29.2. The van der Waals surface area contributed by atoms with Crippen LogP contribution in [0.25, 0.3) is 0 Å². The molecule has 0 aliphatic carbocycles. The van der Waals surface area contributed by atoms with E-state index in [9.17, 15) is 18.0 Å². The molecule has 3 aromatic carbocycles. The molecule has 7 nitrogen and oxygen atoms in total. The van der Waals surface area contributed by atoms with Gasteiger partial charge in [-0.15, -0.1) is 0 Å². The van der Waals surface area contributed by atoms with E-state index in [1.54, 1.807) is 60.7 Å². The number of carbonyl (C=O) groups is 2. The third kappa shape index (κ3) is 7.36. The fourth-order valence-electron chi connectivity index (χ4n) is 4.10. The summed E-state index contributed by atoms with van der Waals surface area (Å²) in [4.78, 5) is 28.6.